The molecule has 0 aliphatic heterocycles. The Kier molecular flexibility index (Phi) is 3.23. The minimum Gasteiger partial charge on any atom is -0.356 e. The van der Waals surface area contributed by atoms with Crippen LogP contribution in [0.1, 0.15) is 6.92 Å². The van der Waals surface area contributed by atoms with Gasteiger partial charge in [-0.05, 0) is 24.1 Å². The van der Waals surface area contributed by atoms with Gasteiger partial charge >= 0.3 is 0 Å². The molecule has 76 valence electrons. The molecule has 1 aromatic rings. The molecule has 1 aromatic carbocycles. The van der Waals surface area contributed by atoms with Crippen LogP contribution in [0.2, 0.25) is 5.82 Å². The molecule has 2 atom stereocenters. The Morgan fingerprint density at radius 2 is 1.88 bits per heavy atom. The molecule has 0 heterocycles. The van der Waals surface area contributed by atoms with Crippen LogP contribution in [0.3, 0.4) is 0 Å². The summed E-state index contributed by atoms with van der Waals surface area (Å²) >= 11 is 0. The Morgan fingerprint density at radius 3 is 2.50 bits per heavy atom. The summed E-state index contributed by atoms with van der Waals surface area (Å²) in [5, 5.41) is 3.32. The van der Waals surface area contributed by atoms with Crippen LogP contribution in [0.5, 0.6) is 0 Å². The maximum atomic E-state index is 5.88. The molecule has 16 heavy (non-hydrogen) atoms. The maximum Gasteiger partial charge on any atom is 0.113 e. The molecule has 0 fully saturated rings. The molecule has 0 spiro atoms. The SMILES string of the molecule is [B]c1ccc(NC2=C[C@H](C)C([B])C=C2)cc1. The number of nitrogens with one attached hydrogen (secondary N) is 1. The molecule has 4 radical (unpaired) electrons. The third-order valence-corrected chi connectivity index (χ3v) is 2.75. The van der Waals surface area contributed by atoms with Crippen molar-refractivity contribution < 1.29 is 0 Å². The van der Waals surface area contributed by atoms with Crippen molar-refractivity contribution >= 4 is 26.8 Å². The topological polar surface area (TPSA) is 12.0 Å². The lowest BCUT2D eigenvalue weighted by Crippen LogP contribution is -2.09. The molecule has 0 amide bonds. The summed E-state index contributed by atoms with van der Waals surface area (Å²) in [6, 6.07) is 7.68. The van der Waals surface area contributed by atoms with Crippen LogP contribution in [-0.4, -0.2) is 15.7 Å². The van der Waals surface area contributed by atoms with Crippen LogP contribution in [0.4, 0.5) is 5.69 Å². The van der Waals surface area contributed by atoms with Gasteiger partial charge in [-0.15, -0.1) is 0 Å². The van der Waals surface area contributed by atoms with Gasteiger partial charge in [-0.25, -0.2) is 0 Å². The van der Waals surface area contributed by atoms with E-state index in [9.17, 15) is 0 Å². The van der Waals surface area contributed by atoms with E-state index in [0.717, 1.165) is 16.8 Å². The Labute approximate surface area is 99.5 Å². The fraction of sp³-hybridized carbons (Fsp3) is 0.231. The summed E-state index contributed by atoms with van der Waals surface area (Å²) in [6.07, 6.45) is 6.17. The summed E-state index contributed by atoms with van der Waals surface area (Å²) in [6.45, 7) is 2.11. The highest BCUT2D eigenvalue weighted by atomic mass is 14.9. The lowest BCUT2D eigenvalue weighted by Gasteiger charge is -2.20. The lowest BCUT2D eigenvalue weighted by atomic mass is 9.75. The third kappa shape index (κ3) is 2.60. The van der Waals surface area contributed by atoms with E-state index in [0.29, 0.717) is 5.92 Å². The smallest absolute Gasteiger partial charge is 0.113 e. The predicted molar refractivity (Wildman–Crippen MR) is 71.3 cm³/mol. The summed E-state index contributed by atoms with van der Waals surface area (Å²) in [7, 11) is 11.5. The molecular formula is C13H13B2N. The fourth-order valence-corrected chi connectivity index (χ4v) is 1.66. The molecule has 0 aromatic heterocycles. The standard InChI is InChI=1S/C13H13B2N/c1-9-8-12(6-7-13(9)15)16-11-4-2-10(14)3-5-11/h2-9,13,16H,1H3/t9-,13?/m0/s1. The fourth-order valence-electron chi connectivity index (χ4n) is 1.66. The summed E-state index contributed by atoms with van der Waals surface area (Å²) in [5.74, 6) is 0.484. The first-order chi connectivity index (χ1) is 7.65. The van der Waals surface area contributed by atoms with E-state index in [4.69, 9.17) is 15.7 Å². The molecule has 3 heteroatoms. The minimum atomic E-state index is 0.122. The average Bonchev–Trinajstić information content (AvgIpc) is 2.27. The zero-order chi connectivity index (χ0) is 11.5. The van der Waals surface area contributed by atoms with Gasteiger partial charge in [0.05, 0.1) is 7.85 Å². The first kappa shape index (κ1) is 11.1. The van der Waals surface area contributed by atoms with Crippen molar-refractivity contribution in [3.8, 4) is 0 Å². The Morgan fingerprint density at radius 1 is 1.19 bits per heavy atom. The normalized spacial score (nSPS) is 23.9. The predicted octanol–water partition coefficient (Wildman–Crippen LogP) is 1.94. The zero-order valence-electron chi connectivity index (χ0n) is 9.35. The van der Waals surface area contributed by atoms with E-state index in [1.54, 1.807) is 0 Å². The molecule has 1 unspecified atom stereocenters. The molecule has 0 saturated heterocycles. The number of allylic oxidation sites excluding steroid dienone is 3. The number of hydrogen-bond donors (Lipinski definition) is 1. The second-order valence-electron chi connectivity index (χ2n) is 4.16. The Hall–Kier alpha value is -1.37. The van der Waals surface area contributed by atoms with E-state index in [-0.39, 0.29) is 5.82 Å². The van der Waals surface area contributed by atoms with Crippen LogP contribution >= 0.6 is 0 Å². The zero-order valence-corrected chi connectivity index (χ0v) is 9.35. The summed E-state index contributed by atoms with van der Waals surface area (Å²) in [5.41, 5.74) is 2.89. The van der Waals surface area contributed by atoms with E-state index in [2.05, 4.69) is 18.3 Å². The van der Waals surface area contributed by atoms with E-state index in [1.165, 1.54) is 0 Å². The molecular weight excluding hydrogens is 192 g/mol. The number of anilines is 1. The minimum absolute atomic E-state index is 0.122. The Balaban J connectivity index is 2.08. The number of benzene rings is 1. The van der Waals surface area contributed by atoms with Crippen molar-refractivity contribution in [1.29, 1.82) is 0 Å². The van der Waals surface area contributed by atoms with Crippen molar-refractivity contribution in [3.05, 3.63) is 48.2 Å². The van der Waals surface area contributed by atoms with Gasteiger partial charge in [0, 0.05) is 11.4 Å². The van der Waals surface area contributed by atoms with Crippen molar-refractivity contribution in [1.82, 2.24) is 0 Å². The highest BCUT2D eigenvalue weighted by Gasteiger charge is 2.11. The van der Waals surface area contributed by atoms with Gasteiger partial charge in [0.1, 0.15) is 7.85 Å². The lowest BCUT2D eigenvalue weighted by molar-refractivity contribution is 0.728. The van der Waals surface area contributed by atoms with E-state index < -0.39 is 0 Å². The quantitative estimate of drug-likeness (QED) is 0.727. The highest BCUT2D eigenvalue weighted by Crippen LogP contribution is 2.25. The molecule has 1 aliphatic carbocycles. The molecule has 1 aliphatic rings. The molecule has 2 rings (SSSR count). The van der Waals surface area contributed by atoms with Gasteiger partial charge < -0.3 is 5.32 Å². The average molecular weight is 205 g/mol. The largest absolute Gasteiger partial charge is 0.356 e. The first-order valence-corrected chi connectivity index (χ1v) is 5.43. The second-order valence-corrected chi connectivity index (χ2v) is 4.16. The Bertz CT molecular complexity index is 420. The van der Waals surface area contributed by atoms with Gasteiger partial charge in [0.25, 0.3) is 0 Å². The summed E-state index contributed by atoms with van der Waals surface area (Å²) < 4.78 is 0. The van der Waals surface area contributed by atoms with Gasteiger partial charge in [-0.1, -0.05) is 42.5 Å². The van der Waals surface area contributed by atoms with Crippen LogP contribution in [0, 0.1) is 5.92 Å². The molecule has 1 N–H and O–H groups in total. The molecule has 0 bridgehead atoms. The third-order valence-electron chi connectivity index (χ3n) is 2.75. The van der Waals surface area contributed by atoms with E-state index >= 15 is 0 Å². The van der Waals surface area contributed by atoms with Crippen LogP contribution in [0.15, 0.2) is 48.2 Å². The second kappa shape index (κ2) is 4.65. The van der Waals surface area contributed by atoms with Crippen molar-refractivity contribution in [3.63, 3.8) is 0 Å². The number of rotatable bonds is 2. The molecule has 0 saturated carbocycles. The summed E-state index contributed by atoms with van der Waals surface area (Å²) in [4.78, 5) is 0. The highest BCUT2D eigenvalue weighted by molar-refractivity contribution is 6.32. The van der Waals surface area contributed by atoms with Gasteiger partial charge in [-0.2, -0.15) is 0 Å². The van der Waals surface area contributed by atoms with E-state index in [1.807, 2.05) is 36.4 Å². The molecule has 1 nitrogen and oxygen atoms in total. The monoisotopic (exact) mass is 205 g/mol. The first-order valence-electron chi connectivity index (χ1n) is 5.43. The van der Waals surface area contributed by atoms with Crippen LogP contribution in [0.25, 0.3) is 0 Å². The van der Waals surface area contributed by atoms with Gasteiger partial charge in [-0.3, -0.25) is 0 Å². The number of hydrogen-bond acceptors (Lipinski definition) is 1. The van der Waals surface area contributed by atoms with Gasteiger partial charge in [0.2, 0.25) is 0 Å². The van der Waals surface area contributed by atoms with Crippen LogP contribution in [-0.2, 0) is 0 Å². The van der Waals surface area contributed by atoms with Crippen molar-refractivity contribution in [2.75, 3.05) is 5.32 Å². The van der Waals surface area contributed by atoms with Gasteiger partial charge in [0.15, 0.2) is 0 Å². The van der Waals surface area contributed by atoms with Crippen molar-refractivity contribution in [2.24, 2.45) is 5.92 Å². The maximum absolute atomic E-state index is 5.88. The van der Waals surface area contributed by atoms with Crippen molar-refractivity contribution in [2.45, 2.75) is 12.7 Å². The van der Waals surface area contributed by atoms with Crippen LogP contribution < -0.4 is 10.8 Å².